The fourth-order valence-corrected chi connectivity index (χ4v) is 17.5. The monoisotopic (exact) mass is 1750 g/mol. The quantitative estimate of drug-likeness (QED) is 0.00889. The van der Waals surface area contributed by atoms with E-state index in [1.165, 1.54) is 193 Å². The van der Waals surface area contributed by atoms with Gasteiger partial charge in [0.2, 0.25) is 0 Å². The molecule has 19 atom stereocenters. The molecule has 3 aliphatic rings. The van der Waals surface area contributed by atoms with Crippen LogP contribution in [-0.2, 0) is 70.7 Å². The highest BCUT2D eigenvalue weighted by molar-refractivity contribution is 7.47. The Morgan fingerprint density at radius 3 is 1.07 bits per heavy atom. The van der Waals surface area contributed by atoms with Crippen LogP contribution in [0.3, 0.4) is 0 Å². The maximum absolute atomic E-state index is 14.9. The molecule has 0 radical (unpaired) electrons. The summed E-state index contributed by atoms with van der Waals surface area (Å²) >= 11 is 0. The van der Waals surface area contributed by atoms with Crippen LogP contribution in [-0.4, -0.2) is 205 Å². The minimum absolute atomic E-state index is 0.0161. The first-order valence-corrected chi connectivity index (χ1v) is 50.8. The van der Waals surface area contributed by atoms with Gasteiger partial charge in [0, 0.05) is 25.7 Å². The van der Waals surface area contributed by atoms with E-state index in [4.69, 9.17) is 46.9 Å². The Morgan fingerprint density at radius 2 is 0.669 bits per heavy atom. The standard InChI is InChI=1S/C95H177O25P/c1-6-10-14-18-22-25-28-31-34-37-40-43-46-49-57-63-69-81(100)117-90-86(105)87(106)91(118-94-88(107)84(103)82(101)76(70-96)115-94)93(92(90)119-95-89(108)85(104)83(102)77(116-95)73-112-79(98)67-61-55-51-50-53-59-65-74(5)64-58-52-21-17-13-9-4)120-121(109,110)113-72-75(114-80(99)68-62-56-48-45-42-39-36-33-30-27-24-20-16-12-8-3)71-111-78(97)66-60-54-47-44-41-38-35-32-29-26-23-19-15-11-7-2/h27,30,74-77,82-96,101-108H,6-26,28-29,31-73H2,1-5H3,(H,109,110)/b30-27-. The molecule has 25 nitrogen and oxygen atoms in total. The van der Waals surface area contributed by atoms with Gasteiger partial charge in [-0.1, -0.05) is 368 Å². The highest BCUT2D eigenvalue weighted by atomic mass is 31.2. The van der Waals surface area contributed by atoms with Gasteiger partial charge in [0.25, 0.3) is 0 Å². The van der Waals surface area contributed by atoms with Crippen molar-refractivity contribution in [1.82, 2.24) is 0 Å². The molecule has 2 heterocycles. The van der Waals surface area contributed by atoms with Crippen LogP contribution in [0, 0.1) is 5.92 Å². The fraction of sp³-hybridized carbons (Fsp3) is 0.937. The minimum atomic E-state index is -5.81. The smallest absolute Gasteiger partial charge is 0.463 e. The molecule has 0 aromatic rings. The molecule has 2 saturated heterocycles. The molecule has 0 aromatic carbocycles. The molecule has 19 unspecified atom stereocenters. The SMILES string of the molecule is CCCCCC/C=C\CCCCCCCCCC(=O)OC(COC(=O)CCCCCCCCCCCCCCCCC)COP(=O)(O)OC1C(OC2OC(CO)C(O)C(O)C2O)C(O)C(O)C(OC(=O)CCCCCCCCCCCCCCCCCC)C1OC1OC(COC(=O)CCCCCCCCC(C)CCCCCCCC)C(O)C(O)C1O. The molecule has 10 N–H and O–H groups in total. The summed E-state index contributed by atoms with van der Waals surface area (Å²) < 4.78 is 73.6. The topological polar surface area (TPSA) is 380 Å². The van der Waals surface area contributed by atoms with Crippen molar-refractivity contribution in [3.8, 4) is 0 Å². The normalized spacial score (nSPS) is 24.9. The maximum atomic E-state index is 14.9. The minimum Gasteiger partial charge on any atom is -0.463 e. The number of hydrogen-bond acceptors (Lipinski definition) is 24. The van der Waals surface area contributed by atoms with Crippen LogP contribution in [0.4, 0.5) is 0 Å². The second kappa shape index (κ2) is 73.0. The first-order valence-electron chi connectivity index (χ1n) is 49.3. The number of phosphoric acid groups is 1. The number of carbonyl (C=O) groups is 4. The average molecular weight is 1750 g/mol. The Kier molecular flexibility index (Phi) is 67.8. The summed E-state index contributed by atoms with van der Waals surface area (Å²) in [5.41, 5.74) is 0. The molecule has 712 valence electrons. The van der Waals surface area contributed by atoms with Crippen LogP contribution in [0.25, 0.3) is 0 Å². The van der Waals surface area contributed by atoms with E-state index < -0.39 is 162 Å². The molecule has 0 amide bonds. The van der Waals surface area contributed by atoms with Crippen LogP contribution in [0.1, 0.15) is 433 Å². The number of ether oxygens (including phenoxy) is 8. The summed E-state index contributed by atoms with van der Waals surface area (Å²) in [6, 6.07) is 0. The maximum Gasteiger partial charge on any atom is 0.472 e. The number of esters is 4. The molecule has 0 aromatic heterocycles. The molecule has 3 rings (SSSR count). The molecule has 2 aliphatic heterocycles. The Balaban J connectivity index is 1.91. The second-order valence-corrected chi connectivity index (χ2v) is 37.0. The number of phosphoric ester groups is 1. The van der Waals surface area contributed by atoms with Gasteiger partial charge in [0.1, 0.15) is 92.6 Å². The van der Waals surface area contributed by atoms with Crippen molar-refractivity contribution in [3.63, 3.8) is 0 Å². The number of carbonyl (C=O) groups excluding carboxylic acids is 4. The van der Waals surface area contributed by atoms with E-state index in [-0.39, 0.29) is 25.7 Å². The lowest BCUT2D eigenvalue weighted by Crippen LogP contribution is -2.70. The lowest BCUT2D eigenvalue weighted by atomic mass is 9.84. The van der Waals surface area contributed by atoms with Crippen molar-refractivity contribution in [1.29, 1.82) is 0 Å². The molecule has 26 heteroatoms. The van der Waals surface area contributed by atoms with Crippen molar-refractivity contribution in [3.05, 3.63) is 12.2 Å². The van der Waals surface area contributed by atoms with Crippen molar-refractivity contribution in [2.45, 2.75) is 537 Å². The zero-order valence-corrected chi connectivity index (χ0v) is 77.2. The van der Waals surface area contributed by atoms with Crippen molar-refractivity contribution in [2.75, 3.05) is 26.4 Å². The van der Waals surface area contributed by atoms with E-state index >= 15 is 0 Å². The van der Waals surface area contributed by atoms with Crippen molar-refractivity contribution >= 4 is 31.7 Å². The van der Waals surface area contributed by atoms with Crippen molar-refractivity contribution in [2.24, 2.45) is 5.92 Å². The third kappa shape index (κ3) is 53.1. The van der Waals surface area contributed by atoms with Gasteiger partial charge in [-0.05, 0) is 57.3 Å². The lowest BCUT2D eigenvalue weighted by molar-refractivity contribution is -0.360. The molecule has 3 fully saturated rings. The van der Waals surface area contributed by atoms with Gasteiger partial charge in [-0.25, -0.2) is 4.57 Å². The lowest BCUT2D eigenvalue weighted by Gasteiger charge is -2.50. The average Bonchev–Trinajstić information content (AvgIpc) is 0.752. The zero-order chi connectivity index (χ0) is 88.4. The number of rotatable bonds is 80. The van der Waals surface area contributed by atoms with Crippen LogP contribution < -0.4 is 0 Å². The summed E-state index contributed by atoms with van der Waals surface area (Å²) in [7, 11) is -5.81. The van der Waals surface area contributed by atoms with Gasteiger partial charge in [0.05, 0.1) is 13.2 Å². The molecule has 0 spiro atoms. The molecular formula is C95H177O25P. The Labute approximate surface area is 731 Å². The number of aliphatic hydroxyl groups is 9. The molecular weight excluding hydrogens is 1570 g/mol. The van der Waals surface area contributed by atoms with E-state index in [1.54, 1.807) is 0 Å². The highest BCUT2D eigenvalue weighted by Crippen LogP contribution is 2.49. The molecule has 1 saturated carbocycles. The first-order chi connectivity index (χ1) is 58.6. The van der Waals surface area contributed by atoms with Gasteiger partial charge < -0.3 is 88.7 Å². The molecule has 121 heavy (non-hydrogen) atoms. The van der Waals surface area contributed by atoms with Crippen LogP contribution in [0.5, 0.6) is 0 Å². The highest BCUT2D eigenvalue weighted by Gasteiger charge is 2.60. The summed E-state index contributed by atoms with van der Waals surface area (Å²) in [6.07, 6.45) is 31.8. The number of unbranched alkanes of at least 4 members (excludes halogenated alkanes) is 50. The van der Waals surface area contributed by atoms with Crippen LogP contribution in [0.2, 0.25) is 0 Å². The second-order valence-electron chi connectivity index (χ2n) is 35.6. The first kappa shape index (κ1) is 112. The summed E-state index contributed by atoms with van der Waals surface area (Å²) in [6.45, 7) is 7.96. The number of aliphatic hydroxyl groups excluding tert-OH is 9. The molecule has 1 aliphatic carbocycles. The van der Waals surface area contributed by atoms with Gasteiger partial charge in [-0.2, -0.15) is 0 Å². The van der Waals surface area contributed by atoms with Crippen LogP contribution in [0.15, 0.2) is 12.2 Å². The predicted molar refractivity (Wildman–Crippen MR) is 472 cm³/mol. The van der Waals surface area contributed by atoms with Gasteiger partial charge in [-0.15, -0.1) is 0 Å². The summed E-state index contributed by atoms with van der Waals surface area (Å²) in [4.78, 5) is 66.6. The summed E-state index contributed by atoms with van der Waals surface area (Å²) in [5.74, 6) is -2.27. The van der Waals surface area contributed by atoms with E-state index in [0.717, 1.165) is 141 Å². The third-order valence-corrected chi connectivity index (χ3v) is 25.4. The Morgan fingerprint density at radius 1 is 0.347 bits per heavy atom. The summed E-state index contributed by atoms with van der Waals surface area (Å²) in [5, 5.41) is 103. The third-order valence-electron chi connectivity index (χ3n) is 24.4. The predicted octanol–water partition coefficient (Wildman–Crippen LogP) is 19.0. The zero-order valence-electron chi connectivity index (χ0n) is 76.3. The van der Waals surface area contributed by atoms with Gasteiger partial charge in [-0.3, -0.25) is 28.2 Å². The van der Waals surface area contributed by atoms with Crippen LogP contribution >= 0.6 is 7.82 Å². The van der Waals surface area contributed by atoms with E-state index in [2.05, 4.69) is 46.8 Å². The number of allylic oxidation sites excluding steroid dienone is 2. The Bertz CT molecular complexity index is 2570. The van der Waals surface area contributed by atoms with E-state index in [9.17, 15) is 74.6 Å². The van der Waals surface area contributed by atoms with Gasteiger partial charge >= 0.3 is 31.7 Å². The van der Waals surface area contributed by atoms with Crippen molar-refractivity contribution < 1.29 is 122 Å². The fourth-order valence-electron chi connectivity index (χ4n) is 16.5. The number of hydrogen-bond donors (Lipinski definition) is 10. The van der Waals surface area contributed by atoms with Gasteiger partial charge in [0.15, 0.2) is 24.8 Å². The Hall–Kier alpha value is -2.79. The van der Waals surface area contributed by atoms with E-state index in [0.29, 0.717) is 44.4 Å². The largest absolute Gasteiger partial charge is 0.472 e. The van der Waals surface area contributed by atoms with E-state index in [1.807, 2.05) is 0 Å². The molecule has 0 bridgehead atoms.